The third kappa shape index (κ3) is 2.88. The monoisotopic (exact) mass is 360 g/mol. The number of anilines is 2. The van der Waals surface area contributed by atoms with Gasteiger partial charge in [0.1, 0.15) is 5.54 Å². The largest absolute Gasteiger partial charge is 0.369 e. The van der Waals surface area contributed by atoms with E-state index in [1.54, 1.807) is 0 Å². The standard InChI is InChI=1S/C22H24N4O/c27-21-22(25-20-8-4-3-7-19(20)24-21)10-13-26(14-11-22)12-9-16-15-23-18-6-2-1-5-17(16)18/h1-8,15,23,25H,9-14H2,(H,24,27). The van der Waals surface area contributed by atoms with Crippen molar-refractivity contribution in [3.63, 3.8) is 0 Å². The number of piperidine rings is 1. The molecule has 3 heterocycles. The van der Waals surface area contributed by atoms with Crippen molar-refractivity contribution in [2.24, 2.45) is 0 Å². The predicted molar refractivity (Wildman–Crippen MR) is 109 cm³/mol. The van der Waals surface area contributed by atoms with Crippen molar-refractivity contribution in [3.8, 4) is 0 Å². The maximum atomic E-state index is 12.7. The molecule has 2 aliphatic rings. The van der Waals surface area contributed by atoms with E-state index in [0.717, 1.165) is 50.3 Å². The molecule has 0 atom stereocenters. The lowest BCUT2D eigenvalue weighted by atomic mass is 9.84. The van der Waals surface area contributed by atoms with E-state index in [2.05, 4.69) is 51.0 Å². The Kier molecular flexibility index (Phi) is 3.90. The van der Waals surface area contributed by atoms with Crippen LogP contribution in [0.3, 0.4) is 0 Å². The van der Waals surface area contributed by atoms with Crippen LogP contribution in [0.2, 0.25) is 0 Å². The number of para-hydroxylation sites is 3. The highest BCUT2D eigenvalue weighted by molar-refractivity contribution is 6.06. The van der Waals surface area contributed by atoms with Crippen LogP contribution in [-0.4, -0.2) is 41.0 Å². The van der Waals surface area contributed by atoms with Crippen LogP contribution >= 0.6 is 0 Å². The first-order chi connectivity index (χ1) is 13.2. The number of likely N-dealkylation sites (tertiary alicyclic amines) is 1. The molecule has 1 amide bonds. The zero-order chi connectivity index (χ0) is 18.3. The van der Waals surface area contributed by atoms with Gasteiger partial charge in [-0.15, -0.1) is 0 Å². The third-order valence-corrected chi connectivity index (χ3v) is 6.07. The highest BCUT2D eigenvalue weighted by atomic mass is 16.2. The summed E-state index contributed by atoms with van der Waals surface area (Å²) in [5.41, 5.74) is 4.02. The van der Waals surface area contributed by atoms with E-state index in [1.165, 1.54) is 16.5 Å². The van der Waals surface area contributed by atoms with Crippen molar-refractivity contribution in [1.82, 2.24) is 9.88 Å². The summed E-state index contributed by atoms with van der Waals surface area (Å²) in [6, 6.07) is 16.4. The number of nitrogens with one attached hydrogen (secondary N) is 3. The second-order valence-corrected chi connectivity index (χ2v) is 7.66. The molecule has 0 radical (unpaired) electrons. The van der Waals surface area contributed by atoms with Crippen LogP contribution in [0.5, 0.6) is 0 Å². The Hall–Kier alpha value is -2.79. The summed E-state index contributed by atoms with van der Waals surface area (Å²) in [6.07, 6.45) is 4.82. The number of aromatic amines is 1. The molecule has 0 unspecified atom stereocenters. The van der Waals surface area contributed by atoms with Crippen LogP contribution in [0, 0.1) is 0 Å². The summed E-state index contributed by atoms with van der Waals surface area (Å²) in [6.45, 7) is 2.89. The Balaban J connectivity index is 1.24. The van der Waals surface area contributed by atoms with Gasteiger partial charge in [0.25, 0.3) is 0 Å². The van der Waals surface area contributed by atoms with Crippen LogP contribution in [0.25, 0.3) is 10.9 Å². The van der Waals surface area contributed by atoms with Crippen LogP contribution in [0.15, 0.2) is 54.7 Å². The van der Waals surface area contributed by atoms with Crippen molar-refractivity contribution < 1.29 is 4.79 Å². The lowest BCUT2D eigenvalue weighted by Crippen LogP contribution is -2.58. The van der Waals surface area contributed by atoms with E-state index >= 15 is 0 Å². The number of hydrogen-bond donors (Lipinski definition) is 3. The molecule has 3 aromatic rings. The fourth-order valence-electron chi connectivity index (χ4n) is 4.39. The van der Waals surface area contributed by atoms with Gasteiger partial charge in [-0.2, -0.15) is 0 Å². The number of amides is 1. The van der Waals surface area contributed by atoms with E-state index in [-0.39, 0.29) is 5.91 Å². The second kappa shape index (κ2) is 6.43. The van der Waals surface area contributed by atoms with Crippen LogP contribution < -0.4 is 10.6 Å². The highest BCUT2D eigenvalue weighted by Gasteiger charge is 2.44. The van der Waals surface area contributed by atoms with Gasteiger partial charge in [0.05, 0.1) is 11.4 Å². The molecule has 5 nitrogen and oxygen atoms in total. The van der Waals surface area contributed by atoms with Gasteiger partial charge in [0.2, 0.25) is 5.91 Å². The van der Waals surface area contributed by atoms with Gasteiger partial charge in [0, 0.05) is 36.7 Å². The van der Waals surface area contributed by atoms with Crippen LogP contribution in [-0.2, 0) is 11.2 Å². The number of nitrogens with zero attached hydrogens (tertiary/aromatic N) is 1. The molecule has 5 rings (SSSR count). The molecule has 1 fully saturated rings. The van der Waals surface area contributed by atoms with E-state index < -0.39 is 5.54 Å². The minimum absolute atomic E-state index is 0.109. The Morgan fingerprint density at radius 1 is 0.963 bits per heavy atom. The van der Waals surface area contributed by atoms with E-state index in [1.807, 2.05) is 24.3 Å². The van der Waals surface area contributed by atoms with Gasteiger partial charge in [-0.1, -0.05) is 30.3 Å². The Labute approximate surface area is 158 Å². The fourth-order valence-corrected chi connectivity index (χ4v) is 4.39. The number of H-pyrrole nitrogens is 1. The summed E-state index contributed by atoms with van der Waals surface area (Å²) in [4.78, 5) is 18.6. The number of carbonyl (C=O) groups is 1. The molecular weight excluding hydrogens is 336 g/mol. The molecule has 5 heteroatoms. The molecular formula is C22H24N4O. The topological polar surface area (TPSA) is 60.2 Å². The zero-order valence-electron chi connectivity index (χ0n) is 15.3. The molecule has 0 saturated carbocycles. The summed E-state index contributed by atoms with van der Waals surface area (Å²) < 4.78 is 0. The van der Waals surface area contributed by atoms with Crippen molar-refractivity contribution in [3.05, 3.63) is 60.3 Å². The lowest BCUT2D eigenvalue weighted by molar-refractivity contribution is -0.122. The molecule has 0 aliphatic carbocycles. The van der Waals surface area contributed by atoms with Gasteiger partial charge in [-0.25, -0.2) is 0 Å². The van der Waals surface area contributed by atoms with Gasteiger partial charge in [0.15, 0.2) is 0 Å². The van der Waals surface area contributed by atoms with Crippen molar-refractivity contribution in [1.29, 1.82) is 0 Å². The molecule has 1 saturated heterocycles. The number of rotatable bonds is 3. The summed E-state index contributed by atoms with van der Waals surface area (Å²) in [5, 5.41) is 7.93. The van der Waals surface area contributed by atoms with Crippen molar-refractivity contribution in [2.45, 2.75) is 24.8 Å². The number of aromatic nitrogens is 1. The van der Waals surface area contributed by atoms with Gasteiger partial charge in [-0.05, 0) is 43.0 Å². The quantitative estimate of drug-likeness (QED) is 0.669. The van der Waals surface area contributed by atoms with E-state index in [9.17, 15) is 4.79 Å². The maximum Gasteiger partial charge on any atom is 0.250 e. The Morgan fingerprint density at radius 2 is 1.70 bits per heavy atom. The molecule has 0 bridgehead atoms. The molecule has 2 aliphatic heterocycles. The average Bonchev–Trinajstić information content (AvgIpc) is 3.12. The first kappa shape index (κ1) is 16.4. The SMILES string of the molecule is O=C1Nc2ccccc2NC12CCN(CCc1c[nH]c3ccccc13)CC2. The lowest BCUT2D eigenvalue weighted by Gasteiger charge is -2.44. The first-order valence-corrected chi connectivity index (χ1v) is 9.70. The molecule has 1 spiro atoms. The fraction of sp³-hybridized carbons (Fsp3) is 0.318. The molecule has 1 aromatic heterocycles. The summed E-state index contributed by atoms with van der Waals surface area (Å²) >= 11 is 0. The predicted octanol–water partition coefficient (Wildman–Crippen LogP) is 3.61. The Morgan fingerprint density at radius 3 is 2.56 bits per heavy atom. The first-order valence-electron chi connectivity index (χ1n) is 9.70. The molecule has 2 aromatic carbocycles. The van der Waals surface area contributed by atoms with E-state index in [0.29, 0.717) is 0 Å². The highest BCUT2D eigenvalue weighted by Crippen LogP contribution is 2.36. The smallest absolute Gasteiger partial charge is 0.250 e. The number of fused-ring (bicyclic) bond motifs is 2. The normalized spacial score (nSPS) is 18.9. The molecule has 138 valence electrons. The zero-order valence-corrected chi connectivity index (χ0v) is 15.3. The van der Waals surface area contributed by atoms with Gasteiger partial charge in [-0.3, -0.25) is 4.79 Å². The minimum atomic E-state index is -0.467. The van der Waals surface area contributed by atoms with Crippen LogP contribution in [0.1, 0.15) is 18.4 Å². The average molecular weight is 360 g/mol. The van der Waals surface area contributed by atoms with E-state index in [4.69, 9.17) is 0 Å². The van der Waals surface area contributed by atoms with Gasteiger partial charge >= 0.3 is 0 Å². The molecule has 3 N–H and O–H groups in total. The molecule has 27 heavy (non-hydrogen) atoms. The Bertz CT molecular complexity index is 985. The maximum absolute atomic E-state index is 12.7. The van der Waals surface area contributed by atoms with Gasteiger partial charge < -0.3 is 20.5 Å². The third-order valence-electron chi connectivity index (χ3n) is 6.07. The number of hydrogen-bond acceptors (Lipinski definition) is 3. The summed E-state index contributed by atoms with van der Waals surface area (Å²) in [5.74, 6) is 0.109. The van der Waals surface area contributed by atoms with Crippen molar-refractivity contribution in [2.75, 3.05) is 30.3 Å². The summed E-state index contributed by atoms with van der Waals surface area (Å²) in [7, 11) is 0. The number of carbonyl (C=O) groups excluding carboxylic acids is 1. The number of benzene rings is 2. The second-order valence-electron chi connectivity index (χ2n) is 7.66. The van der Waals surface area contributed by atoms with Crippen molar-refractivity contribution >= 4 is 28.2 Å². The minimum Gasteiger partial charge on any atom is -0.369 e. The van der Waals surface area contributed by atoms with Crippen LogP contribution in [0.4, 0.5) is 11.4 Å².